The van der Waals surface area contributed by atoms with Crippen molar-refractivity contribution in [3.8, 4) is 5.75 Å². The Kier molecular flexibility index (Phi) is 5.61. The molecule has 0 saturated carbocycles. The molecule has 0 aliphatic heterocycles. The van der Waals surface area contributed by atoms with Crippen LogP contribution in [0, 0.1) is 0 Å². The molecular formula is C21H17NO3S. The molecule has 0 unspecified atom stereocenters. The largest absolute Gasteiger partial charge is 0.496 e. The molecule has 1 amide bonds. The Balaban J connectivity index is 1.67. The maximum atomic E-state index is 12.4. The minimum absolute atomic E-state index is 0.0824. The maximum Gasteiger partial charge on any atom is 0.259 e. The summed E-state index contributed by atoms with van der Waals surface area (Å²) < 4.78 is 5.20. The average Bonchev–Trinajstić information content (AvgIpc) is 3.20. The predicted molar refractivity (Wildman–Crippen MR) is 105 cm³/mol. The Labute approximate surface area is 155 Å². The molecule has 130 valence electrons. The summed E-state index contributed by atoms with van der Waals surface area (Å²) in [5.74, 6) is 0.163. The normalized spacial score (nSPS) is 10.7. The summed E-state index contributed by atoms with van der Waals surface area (Å²) in [6, 6.07) is 17.7. The quantitative estimate of drug-likeness (QED) is 0.500. The second-order valence-corrected chi connectivity index (χ2v) is 6.42. The van der Waals surface area contributed by atoms with Crippen LogP contribution in [0.25, 0.3) is 6.08 Å². The van der Waals surface area contributed by atoms with E-state index in [2.05, 4.69) is 5.32 Å². The molecule has 2 aromatic carbocycles. The number of amides is 1. The van der Waals surface area contributed by atoms with Crippen LogP contribution in [0.3, 0.4) is 0 Å². The van der Waals surface area contributed by atoms with Crippen molar-refractivity contribution in [1.29, 1.82) is 0 Å². The number of methoxy groups -OCH3 is 1. The summed E-state index contributed by atoms with van der Waals surface area (Å²) in [6.45, 7) is 0. The molecule has 1 N–H and O–H groups in total. The molecule has 4 nitrogen and oxygen atoms in total. The zero-order valence-electron chi connectivity index (χ0n) is 14.1. The standard InChI is InChI=1S/C21H17NO3S/c1-25-20-7-3-2-6-18(20)21(24)22-16-10-8-15(9-11-16)19(23)13-12-17-5-4-14-26-17/h2-14H,1H3,(H,22,24)/b13-12+. The minimum Gasteiger partial charge on any atom is -0.496 e. The van der Waals surface area contributed by atoms with Crippen molar-refractivity contribution >= 4 is 34.8 Å². The first-order valence-electron chi connectivity index (χ1n) is 7.98. The topological polar surface area (TPSA) is 55.4 Å². The van der Waals surface area contributed by atoms with E-state index in [9.17, 15) is 9.59 Å². The van der Waals surface area contributed by atoms with Crippen molar-refractivity contribution in [3.05, 3.63) is 88.1 Å². The van der Waals surface area contributed by atoms with Crippen LogP contribution in [0.2, 0.25) is 0 Å². The molecule has 3 rings (SSSR count). The van der Waals surface area contributed by atoms with Gasteiger partial charge in [-0.15, -0.1) is 11.3 Å². The first-order chi connectivity index (χ1) is 12.7. The molecule has 0 bridgehead atoms. The third kappa shape index (κ3) is 4.26. The van der Waals surface area contributed by atoms with Crippen molar-refractivity contribution in [3.63, 3.8) is 0 Å². The molecule has 0 atom stereocenters. The van der Waals surface area contributed by atoms with Gasteiger partial charge >= 0.3 is 0 Å². The van der Waals surface area contributed by atoms with Crippen LogP contribution >= 0.6 is 11.3 Å². The van der Waals surface area contributed by atoms with Crippen LogP contribution in [0.1, 0.15) is 25.6 Å². The summed E-state index contributed by atoms with van der Waals surface area (Å²) >= 11 is 1.57. The Hall–Kier alpha value is -3.18. The molecule has 0 saturated heterocycles. The monoisotopic (exact) mass is 363 g/mol. The van der Waals surface area contributed by atoms with Gasteiger partial charge in [-0.05, 0) is 60.0 Å². The van der Waals surface area contributed by atoms with Crippen LogP contribution in [0.5, 0.6) is 5.75 Å². The van der Waals surface area contributed by atoms with E-state index in [4.69, 9.17) is 4.74 Å². The predicted octanol–water partition coefficient (Wildman–Crippen LogP) is 4.91. The highest BCUT2D eigenvalue weighted by atomic mass is 32.1. The van der Waals surface area contributed by atoms with E-state index in [0.717, 1.165) is 4.88 Å². The molecule has 5 heteroatoms. The lowest BCUT2D eigenvalue weighted by molar-refractivity contribution is 0.102. The van der Waals surface area contributed by atoms with E-state index >= 15 is 0 Å². The van der Waals surface area contributed by atoms with Crippen LogP contribution in [-0.2, 0) is 0 Å². The third-order valence-corrected chi connectivity index (χ3v) is 4.56. The average molecular weight is 363 g/mol. The van der Waals surface area contributed by atoms with Crippen molar-refractivity contribution in [2.24, 2.45) is 0 Å². The number of para-hydroxylation sites is 1. The Bertz CT molecular complexity index is 928. The van der Waals surface area contributed by atoms with Gasteiger partial charge in [-0.25, -0.2) is 0 Å². The van der Waals surface area contributed by atoms with Gasteiger partial charge in [0.15, 0.2) is 5.78 Å². The Morgan fingerprint density at radius 3 is 2.46 bits per heavy atom. The van der Waals surface area contributed by atoms with Gasteiger partial charge in [-0.1, -0.05) is 18.2 Å². The number of thiophene rings is 1. The summed E-state index contributed by atoms with van der Waals surface area (Å²) in [4.78, 5) is 25.6. The molecule has 1 aromatic heterocycles. The number of hydrogen-bond donors (Lipinski definition) is 1. The number of allylic oxidation sites excluding steroid dienone is 1. The summed E-state index contributed by atoms with van der Waals surface area (Å²) in [5.41, 5.74) is 1.63. The zero-order chi connectivity index (χ0) is 18.4. The van der Waals surface area contributed by atoms with Gasteiger partial charge in [0.05, 0.1) is 12.7 Å². The number of benzene rings is 2. The summed E-state index contributed by atoms with van der Waals surface area (Å²) in [6.07, 6.45) is 3.35. The molecule has 1 heterocycles. The van der Waals surface area contributed by atoms with E-state index in [1.807, 2.05) is 17.5 Å². The fraction of sp³-hybridized carbons (Fsp3) is 0.0476. The number of ether oxygens (including phenoxy) is 1. The molecular weight excluding hydrogens is 346 g/mol. The molecule has 0 aliphatic rings. The number of ketones is 1. The van der Waals surface area contributed by atoms with E-state index in [1.165, 1.54) is 7.11 Å². The van der Waals surface area contributed by atoms with Crippen molar-refractivity contribution in [2.75, 3.05) is 12.4 Å². The number of rotatable bonds is 6. The van der Waals surface area contributed by atoms with E-state index in [-0.39, 0.29) is 11.7 Å². The highest BCUT2D eigenvalue weighted by Gasteiger charge is 2.11. The number of hydrogen-bond acceptors (Lipinski definition) is 4. The minimum atomic E-state index is -0.265. The van der Waals surface area contributed by atoms with Crippen LogP contribution in [-0.4, -0.2) is 18.8 Å². The zero-order valence-corrected chi connectivity index (χ0v) is 15.0. The summed E-state index contributed by atoms with van der Waals surface area (Å²) in [5, 5.41) is 4.77. The molecule has 0 fully saturated rings. The van der Waals surface area contributed by atoms with Crippen molar-refractivity contribution in [1.82, 2.24) is 0 Å². The third-order valence-electron chi connectivity index (χ3n) is 3.72. The summed E-state index contributed by atoms with van der Waals surface area (Å²) in [7, 11) is 1.52. The van der Waals surface area contributed by atoms with Gasteiger partial charge in [-0.3, -0.25) is 9.59 Å². The molecule has 26 heavy (non-hydrogen) atoms. The number of nitrogens with one attached hydrogen (secondary N) is 1. The first-order valence-corrected chi connectivity index (χ1v) is 8.85. The van der Waals surface area contributed by atoms with Gasteiger partial charge in [0, 0.05) is 16.1 Å². The van der Waals surface area contributed by atoms with Gasteiger partial charge in [-0.2, -0.15) is 0 Å². The fourth-order valence-corrected chi connectivity index (χ4v) is 3.01. The molecule has 0 aliphatic carbocycles. The van der Waals surface area contributed by atoms with E-state index < -0.39 is 0 Å². The maximum absolute atomic E-state index is 12.4. The lowest BCUT2D eigenvalue weighted by Crippen LogP contribution is -2.13. The first kappa shape index (κ1) is 17.6. The van der Waals surface area contributed by atoms with Crippen LogP contribution < -0.4 is 10.1 Å². The van der Waals surface area contributed by atoms with E-state index in [1.54, 1.807) is 72.0 Å². The van der Waals surface area contributed by atoms with Gasteiger partial charge in [0.1, 0.15) is 5.75 Å². The lowest BCUT2D eigenvalue weighted by atomic mass is 10.1. The van der Waals surface area contributed by atoms with Crippen molar-refractivity contribution in [2.45, 2.75) is 0 Å². The number of carbonyl (C=O) groups is 2. The highest BCUT2D eigenvalue weighted by molar-refractivity contribution is 7.10. The number of anilines is 1. The Morgan fingerprint density at radius 1 is 1.00 bits per heavy atom. The molecule has 0 radical (unpaired) electrons. The van der Waals surface area contributed by atoms with Crippen molar-refractivity contribution < 1.29 is 14.3 Å². The second-order valence-electron chi connectivity index (χ2n) is 5.44. The highest BCUT2D eigenvalue weighted by Crippen LogP contribution is 2.19. The second kappa shape index (κ2) is 8.27. The van der Waals surface area contributed by atoms with Crippen LogP contribution in [0.4, 0.5) is 5.69 Å². The lowest BCUT2D eigenvalue weighted by Gasteiger charge is -2.09. The van der Waals surface area contributed by atoms with Gasteiger partial charge < -0.3 is 10.1 Å². The fourth-order valence-electron chi connectivity index (χ4n) is 2.39. The van der Waals surface area contributed by atoms with E-state index in [0.29, 0.717) is 22.6 Å². The smallest absolute Gasteiger partial charge is 0.259 e. The number of carbonyl (C=O) groups excluding carboxylic acids is 2. The SMILES string of the molecule is COc1ccccc1C(=O)Nc1ccc(C(=O)/C=C/c2cccs2)cc1. The molecule has 3 aromatic rings. The van der Waals surface area contributed by atoms with Gasteiger partial charge in [0.25, 0.3) is 5.91 Å². The van der Waals surface area contributed by atoms with Gasteiger partial charge in [0.2, 0.25) is 0 Å². The molecule has 0 spiro atoms. The Morgan fingerprint density at radius 2 is 1.77 bits per heavy atom. The van der Waals surface area contributed by atoms with Crippen LogP contribution in [0.15, 0.2) is 72.1 Å².